The summed E-state index contributed by atoms with van der Waals surface area (Å²) in [5.74, 6) is 0. The first-order valence-corrected chi connectivity index (χ1v) is 11.1. The van der Waals surface area contributed by atoms with Crippen LogP contribution in [0.25, 0.3) is 10.9 Å². The van der Waals surface area contributed by atoms with Crippen LogP contribution < -0.4 is 0 Å². The Balaban J connectivity index is 1.48. The monoisotopic (exact) mass is 435 g/mol. The Morgan fingerprint density at radius 3 is 2.50 bits per heavy atom. The zero-order valence-corrected chi connectivity index (χ0v) is 17.4. The van der Waals surface area contributed by atoms with Crippen LogP contribution in [0.5, 0.6) is 0 Å². The van der Waals surface area contributed by atoms with Gasteiger partial charge in [-0.1, -0.05) is 47.5 Å². The maximum atomic E-state index is 13.0. The first-order chi connectivity index (χ1) is 13.4. The molecule has 3 aromatic rings. The molecule has 2 aromatic carbocycles. The van der Waals surface area contributed by atoms with Crippen LogP contribution in [-0.2, 0) is 16.6 Å². The summed E-state index contributed by atoms with van der Waals surface area (Å²) in [4.78, 5) is 6.81. The summed E-state index contributed by atoms with van der Waals surface area (Å²) < 4.78 is 27.4. The summed E-state index contributed by atoms with van der Waals surface area (Å²) in [7, 11) is -3.67. The molecule has 0 bridgehead atoms. The van der Waals surface area contributed by atoms with Gasteiger partial charge < -0.3 is 0 Å². The van der Waals surface area contributed by atoms with Crippen LogP contribution in [-0.4, -0.2) is 48.8 Å². The fourth-order valence-corrected chi connectivity index (χ4v) is 5.64. The molecule has 4 rings (SSSR count). The molecule has 146 valence electrons. The van der Waals surface area contributed by atoms with Gasteiger partial charge in [-0.3, -0.25) is 9.88 Å². The average molecular weight is 436 g/mol. The van der Waals surface area contributed by atoms with E-state index in [0.29, 0.717) is 31.2 Å². The molecular formula is C20H19Cl2N3O2S. The molecule has 28 heavy (non-hydrogen) atoms. The number of halogens is 2. The van der Waals surface area contributed by atoms with E-state index in [-0.39, 0.29) is 9.92 Å². The molecule has 1 aliphatic rings. The Morgan fingerprint density at radius 2 is 1.71 bits per heavy atom. The fourth-order valence-electron chi connectivity index (χ4n) is 3.48. The standard InChI is InChI=1S/C20H19Cl2N3O2S/c21-17-6-7-18(22)19(13-17)28(26,27)25-11-9-24(10-12-25)14-16-4-1-3-15-5-2-8-23-20(15)16/h1-8,13H,9-12,14H2. The van der Waals surface area contributed by atoms with Gasteiger partial charge in [-0.2, -0.15) is 4.31 Å². The van der Waals surface area contributed by atoms with E-state index in [0.717, 1.165) is 23.0 Å². The minimum Gasteiger partial charge on any atom is -0.296 e. The van der Waals surface area contributed by atoms with Crippen molar-refractivity contribution >= 4 is 44.1 Å². The highest BCUT2D eigenvalue weighted by Gasteiger charge is 2.30. The van der Waals surface area contributed by atoms with E-state index in [2.05, 4.69) is 16.0 Å². The van der Waals surface area contributed by atoms with E-state index in [1.165, 1.54) is 16.4 Å². The van der Waals surface area contributed by atoms with E-state index in [1.807, 2.05) is 24.3 Å². The molecule has 0 unspecified atom stereocenters. The third-order valence-electron chi connectivity index (χ3n) is 4.95. The average Bonchev–Trinajstić information content (AvgIpc) is 2.70. The Bertz CT molecular complexity index is 1110. The number of pyridine rings is 1. The van der Waals surface area contributed by atoms with Crippen molar-refractivity contribution in [3.63, 3.8) is 0 Å². The second kappa shape index (κ2) is 7.97. The number of para-hydroxylation sites is 1. The number of hydrogen-bond acceptors (Lipinski definition) is 4. The third kappa shape index (κ3) is 3.88. The molecule has 0 saturated carbocycles. The first kappa shape index (κ1) is 19.6. The summed E-state index contributed by atoms with van der Waals surface area (Å²) in [5.41, 5.74) is 2.14. The fraction of sp³-hybridized carbons (Fsp3) is 0.250. The lowest BCUT2D eigenvalue weighted by atomic mass is 10.1. The van der Waals surface area contributed by atoms with Crippen LogP contribution in [0.3, 0.4) is 0 Å². The van der Waals surface area contributed by atoms with E-state index < -0.39 is 10.0 Å². The number of fused-ring (bicyclic) bond motifs is 1. The molecule has 1 fully saturated rings. The predicted octanol–water partition coefficient (Wildman–Crippen LogP) is 4.05. The van der Waals surface area contributed by atoms with Crippen molar-refractivity contribution in [2.75, 3.05) is 26.2 Å². The molecule has 0 radical (unpaired) electrons. The molecule has 0 atom stereocenters. The number of nitrogens with zero attached hydrogens (tertiary/aromatic N) is 3. The minimum atomic E-state index is -3.67. The van der Waals surface area contributed by atoms with Gasteiger partial charge in [0.2, 0.25) is 10.0 Å². The highest BCUT2D eigenvalue weighted by molar-refractivity contribution is 7.89. The molecule has 2 heterocycles. The van der Waals surface area contributed by atoms with Gasteiger partial charge in [-0.05, 0) is 29.8 Å². The highest BCUT2D eigenvalue weighted by Crippen LogP contribution is 2.28. The van der Waals surface area contributed by atoms with E-state index >= 15 is 0 Å². The normalized spacial score (nSPS) is 16.5. The Kier molecular flexibility index (Phi) is 5.58. The van der Waals surface area contributed by atoms with E-state index in [4.69, 9.17) is 23.2 Å². The quantitative estimate of drug-likeness (QED) is 0.620. The van der Waals surface area contributed by atoms with Crippen LogP contribution in [0.4, 0.5) is 0 Å². The Morgan fingerprint density at radius 1 is 0.964 bits per heavy atom. The SMILES string of the molecule is O=S(=O)(c1cc(Cl)ccc1Cl)N1CCN(Cc2cccc3cccnc23)CC1. The van der Waals surface area contributed by atoms with Crippen molar-refractivity contribution in [1.29, 1.82) is 0 Å². The number of hydrogen-bond donors (Lipinski definition) is 0. The molecule has 0 amide bonds. The van der Waals surface area contributed by atoms with Crippen molar-refractivity contribution in [1.82, 2.24) is 14.2 Å². The van der Waals surface area contributed by atoms with Crippen molar-refractivity contribution in [2.45, 2.75) is 11.4 Å². The summed E-state index contributed by atoms with van der Waals surface area (Å²) in [6.45, 7) is 2.83. The van der Waals surface area contributed by atoms with Gasteiger partial charge in [-0.25, -0.2) is 8.42 Å². The van der Waals surface area contributed by atoms with Crippen molar-refractivity contribution < 1.29 is 8.42 Å². The Hall–Kier alpha value is -1.70. The third-order valence-corrected chi connectivity index (χ3v) is 7.57. The van der Waals surface area contributed by atoms with Crippen LogP contribution in [0.1, 0.15) is 5.56 Å². The van der Waals surface area contributed by atoms with Gasteiger partial charge in [0, 0.05) is 49.3 Å². The van der Waals surface area contributed by atoms with E-state index in [9.17, 15) is 8.42 Å². The molecular weight excluding hydrogens is 417 g/mol. The van der Waals surface area contributed by atoms with Gasteiger partial charge in [0.05, 0.1) is 10.5 Å². The topological polar surface area (TPSA) is 53.5 Å². The minimum absolute atomic E-state index is 0.0633. The number of rotatable bonds is 4. The first-order valence-electron chi connectivity index (χ1n) is 8.95. The zero-order chi connectivity index (χ0) is 19.7. The van der Waals surface area contributed by atoms with Crippen molar-refractivity contribution in [3.05, 3.63) is 70.3 Å². The molecule has 0 spiro atoms. The van der Waals surface area contributed by atoms with Crippen LogP contribution in [0, 0.1) is 0 Å². The summed E-state index contributed by atoms with van der Waals surface area (Å²) in [6.07, 6.45) is 1.80. The number of benzene rings is 2. The smallest absolute Gasteiger partial charge is 0.244 e. The largest absolute Gasteiger partial charge is 0.296 e. The lowest BCUT2D eigenvalue weighted by molar-refractivity contribution is 0.182. The summed E-state index contributed by atoms with van der Waals surface area (Å²) in [6, 6.07) is 14.6. The molecule has 1 aromatic heterocycles. The van der Waals surface area contributed by atoms with Crippen LogP contribution >= 0.6 is 23.2 Å². The highest BCUT2D eigenvalue weighted by atomic mass is 35.5. The molecule has 8 heteroatoms. The van der Waals surface area contributed by atoms with E-state index in [1.54, 1.807) is 12.3 Å². The van der Waals surface area contributed by atoms with Crippen molar-refractivity contribution in [2.24, 2.45) is 0 Å². The van der Waals surface area contributed by atoms with Gasteiger partial charge in [0.15, 0.2) is 0 Å². The van der Waals surface area contributed by atoms with Gasteiger partial charge in [0.1, 0.15) is 4.90 Å². The zero-order valence-electron chi connectivity index (χ0n) is 15.1. The van der Waals surface area contributed by atoms with Gasteiger partial charge >= 0.3 is 0 Å². The Labute approximate surface area is 174 Å². The molecule has 1 saturated heterocycles. The lowest BCUT2D eigenvalue weighted by Crippen LogP contribution is -2.48. The maximum absolute atomic E-state index is 13.0. The van der Waals surface area contributed by atoms with Gasteiger partial charge in [0.25, 0.3) is 0 Å². The number of piperazine rings is 1. The van der Waals surface area contributed by atoms with Crippen LogP contribution in [0.2, 0.25) is 10.0 Å². The maximum Gasteiger partial charge on any atom is 0.244 e. The number of aromatic nitrogens is 1. The molecule has 5 nitrogen and oxygen atoms in total. The van der Waals surface area contributed by atoms with Crippen LogP contribution in [0.15, 0.2) is 59.6 Å². The summed E-state index contributed by atoms with van der Waals surface area (Å²) in [5, 5.41) is 1.65. The molecule has 0 aliphatic carbocycles. The lowest BCUT2D eigenvalue weighted by Gasteiger charge is -2.34. The molecule has 1 aliphatic heterocycles. The van der Waals surface area contributed by atoms with Crippen molar-refractivity contribution in [3.8, 4) is 0 Å². The second-order valence-electron chi connectivity index (χ2n) is 6.75. The second-order valence-corrected chi connectivity index (χ2v) is 9.50. The van der Waals surface area contributed by atoms with Gasteiger partial charge in [-0.15, -0.1) is 0 Å². The summed E-state index contributed by atoms with van der Waals surface area (Å²) >= 11 is 12.1. The number of sulfonamides is 1. The predicted molar refractivity (Wildman–Crippen MR) is 112 cm³/mol. The molecule has 0 N–H and O–H groups in total.